The number of hydrogen-bond acceptors (Lipinski definition) is 2. The van der Waals surface area contributed by atoms with Crippen LogP contribution in [0.5, 0.6) is 5.75 Å². The molecule has 0 aromatic heterocycles. The average Bonchev–Trinajstić information content (AvgIpc) is 2.47. The molecule has 0 amide bonds. The standard InChI is InChI=1S/C11H14O2/c1-7-6-13-11-5-9(8(2)12)3-4-10(7)11/h3-5,7-8,12H,6H2,1-2H3. The first kappa shape index (κ1) is 8.57. The second kappa shape index (κ2) is 3.04. The maximum Gasteiger partial charge on any atom is 0.123 e. The lowest BCUT2D eigenvalue weighted by Crippen LogP contribution is -1.93. The summed E-state index contributed by atoms with van der Waals surface area (Å²) in [7, 11) is 0. The van der Waals surface area contributed by atoms with Gasteiger partial charge in [0, 0.05) is 11.5 Å². The van der Waals surface area contributed by atoms with E-state index >= 15 is 0 Å². The molecular weight excluding hydrogens is 164 g/mol. The summed E-state index contributed by atoms with van der Waals surface area (Å²) in [6.07, 6.45) is -0.412. The molecule has 2 heteroatoms. The normalized spacial score (nSPS) is 22.2. The summed E-state index contributed by atoms with van der Waals surface area (Å²) in [6, 6.07) is 5.95. The SMILES string of the molecule is CC(O)c1ccc2c(c1)OCC2C. The van der Waals surface area contributed by atoms with E-state index in [9.17, 15) is 5.11 Å². The largest absolute Gasteiger partial charge is 0.493 e. The van der Waals surface area contributed by atoms with Gasteiger partial charge in [0.2, 0.25) is 0 Å². The van der Waals surface area contributed by atoms with Crippen LogP contribution in [-0.2, 0) is 0 Å². The van der Waals surface area contributed by atoms with Gasteiger partial charge in [-0.15, -0.1) is 0 Å². The van der Waals surface area contributed by atoms with Crippen molar-refractivity contribution in [3.05, 3.63) is 29.3 Å². The Morgan fingerprint density at radius 2 is 2.31 bits per heavy atom. The fraction of sp³-hybridized carbons (Fsp3) is 0.455. The second-order valence-electron chi connectivity index (χ2n) is 3.69. The van der Waals surface area contributed by atoms with E-state index in [1.54, 1.807) is 6.92 Å². The Morgan fingerprint density at radius 1 is 1.54 bits per heavy atom. The van der Waals surface area contributed by atoms with Gasteiger partial charge in [-0.2, -0.15) is 0 Å². The summed E-state index contributed by atoms with van der Waals surface area (Å²) in [6.45, 7) is 4.67. The monoisotopic (exact) mass is 178 g/mol. The van der Waals surface area contributed by atoms with Gasteiger partial charge in [0.25, 0.3) is 0 Å². The Balaban J connectivity index is 2.40. The van der Waals surface area contributed by atoms with Crippen molar-refractivity contribution in [2.24, 2.45) is 0 Å². The van der Waals surface area contributed by atoms with E-state index in [1.807, 2.05) is 12.1 Å². The first-order valence-electron chi connectivity index (χ1n) is 4.63. The van der Waals surface area contributed by atoms with Crippen LogP contribution in [-0.4, -0.2) is 11.7 Å². The molecule has 1 heterocycles. The van der Waals surface area contributed by atoms with Crippen molar-refractivity contribution in [2.75, 3.05) is 6.61 Å². The van der Waals surface area contributed by atoms with E-state index in [2.05, 4.69) is 13.0 Å². The number of fused-ring (bicyclic) bond motifs is 1. The van der Waals surface area contributed by atoms with Crippen molar-refractivity contribution in [2.45, 2.75) is 25.9 Å². The molecule has 0 bridgehead atoms. The van der Waals surface area contributed by atoms with Gasteiger partial charge in [-0.1, -0.05) is 19.1 Å². The molecule has 1 N–H and O–H groups in total. The number of ether oxygens (including phenoxy) is 1. The molecule has 1 aliphatic heterocycles. The van der Waals surface area contributed by atoms with Gasteiger partial charge in [-0.3, -0.25) is 0 Å². The number of benzene rings is 1. The third kappa shape index (κ3) is 1.42. The van der Waals surface area contributed by atoms with Crippen molar-refractivity contribution in [3.63, 3.8) is 0 Å². The van der Waals surface area contributed by atoms with Crippen LogP contribution >= 0.6 is 0 Å². The highest BCUT2D eigenvalue weighted by molar-refractivity contribution is 5.42. The third-order valence-electron chi connectivity index (χ3n) is 2.54. The molecule has 0 aliphatic carbocycles. The van der Waals surface area contributed by atoms with Crippen LogP contribution in [0.2, 0.25) is 0 Å². The predicted octanol–water partition coefficient (Wildman–Crippen LogP) is 2.24. The quantitative estimate of drug-likeness (QED) is 0.714. The van der Waals surface area contributed by atoms with E-state index in [-0.39, 0.29) is 0 Å². The molecule has 2 nitrogen and oxygen atoms in total. The zero-order valence-corrected chi connectivity index (χ0v) is 7.95. The van der Waals surface area contributed by atoms with Crippen LogP contribution in [0.3, 0.4) is 0 Å². The fourth-order valence-electron chi connectivity index (χ4n) is 1.65. The molecular formula is C11H14O2. The van der Waals surface area contributed by atoms with Gasteiger partial charge < -0.3 is 9.84 Å². The van der Waals surface area contributed by atoms with E-state index in [1.165, 1.54) is 5.56 Å². The van der Waals surface area contributed by atoms with Crippen molar-refractivity contribution in [1.29, 1.82) is 0 Å². The Bertz CT molecular complexity index is 318. The second-order valence-corrected chi connectivity index (χ2v) is 3.69. The smallest absolute Gasteiger partial charge is 0.123 e. The zero-order valence-electron chi connectivity index (χ0n) is 7.95. The van der Waals surface area contributed by atoms with Crippen LogP contribution in [0.25, 0.3) is 0 Å². The summed E-state index contributed by atoms with van der Waals surface area (Å²) in [5.74, 6) is 1.42. The number of hydrogen-bond donors (Lipinski definition) is 1. The molecule has 2 atom stereocenters. The van der Waals surface area contributed by atoms with Gasteiger partial charge in [0.1, 0.15) is 5.75 Å². The summed E-state index contributed by atoms with van der Waals surface area (Å²) in [5.41, 5.74) is 2.18. The van der Waals surface area contributed by atoms with Crippen LogP contribution in [0, 0.1) is 0 Å². The summed E-state index contributed by atoms with van der Waals surface area (Å²) >= 11 is 0. The molecule has 70 valence electrons. The molecule has 2 unspecified atom stereocenters. The summed E-state index contributed by atoms with van der Waals surface area (Å²) < 4.78 is 5.49. The van der Waals surface area contributed by atoms with Gasteiger partial charge >= 0.3 is 0 Å². The highest BCUT2D eigenvalue weighted by Gasteiger charge is 2.20. The Labute approximate surface area is 78.2 Å². The van der Waals surface area contributed by atoms with Crippen molar-refractivity contribution in [1.82, 2.24) is 0 Å². The fourth-order valence-corrected chi connectivity index (χ4v) is 1.65. The highest BCUT2D eigenvalue weighted by atomic mass is 16.5. The number of rotatable bonds is 1. The van der Waals surface area contributed by atoms with Crippen molar-refractivity contribution < 1.29 is 9.84 Å². The minimum Gasteiger partial charge on any atom is -0.493 e. The predicted molar refractivity (Wildman–Crippen MR) is 51.0 cm³/mol. The maximum absolute atomic E-state index is 9.37. The zero-order chi connectivity index (χ0) is 9.42. The maximum atomic E-state index is 9.37. The summed E-state index contributed by atoms with van der Waals surface area (Å²) in [4.78, 5) is 0. The molecule has 0 fully saturated rings. The van der Waals surface area contributed by atoms with Gasteiger partial charge in [-0.05, 0) is 18.6 Å². The molecule has 13 heavy (non-hydrogen) atoms. The molecule has 2 rings (SSSR count). The number of aliphatic hydroxyl groups excluding tert-OH is 1. The van der Waals surface area contributed by atoms with Crippen LogP contribution < -0.4 is 4.74 Å². The molecule has 1 aliphatic rings. The van der Waals surface area contributed by atoms with Gasteiger partial charge in [0.05, 0.1) is 12.7 Å². The van der Waals surface area contributed by atoms with Crippen LogP contribution in [0.1, 0.15) is 37.0 Å². The Kier molecular flexibility index (Phi) is 2.00. The third-order valence-corrected chi connectivity index (χ3v) is 2.54. The van der Waals surface area contributed by atoms with Crippen LogP contribution in [0.15, 0.2) is 18.2 Å². The lowest BCUT2D eigenvalue weighted by Gasteiger charge is -2.06. The van der Waals surface area contributed by atoms with Gasteiger partial charge in [-0.25, -0.2) is 0 Å². The Morgan fingerprint density at radius 3 is 3.00 bits per heavy atom. The van der Waals surface area contributed by atoms with Crippen LogP contribution in [0.4, 0.5) is 0 Å². The van der Waals surface area contributed by atoms with Crippen molar-refractivity contribution >= 4 is 0 Å². The van der Waals surface area contributed by atoms with E-state index in [0.29, 0.717) is 5.92 Å². The molecule has 0 saturated heterocycles. The Hall–Kier alpha value is -1.02. The lowest BCUT2D eigenvalue weighted by atomic mass is 10.0. The first-order valence-corrected chi connectivity index (χ1v) is 4.63. The average molecular weight is 178 g/mol. The van der Waals surface area contributed by atoms with E-state index in [4.69, 9.17) is 4.74 Å². The minimum absolute atomic E-state index is 0.412. The van der Waals surface area contributed by atoms with E-state index in [0.717, 1.165) is 17.9 Å². The number of aliphatic hydroxyl groups is 1. The first-order chi connectivity index (χ1) is 6.18. The molecule has 1 aromatic carbocycles. The van der Waals surface area contributed by atoms with E-state index < -0.39 is 6.10 Å². The minimum atomic E-state index is -0.412. The molecule has 1 aromatic rings. The molecule has 0 saturated carbocycles. The highest BCUT2D eigenvalue weighted by Crippen LogP contribution is 2.35. The lowest BCUT2D eigenvalue weighted by molar-refractivity contribution is 0.199. The molecule has 0 radical (unpaired) electrons. The van der Waals surface area contributed by atoms with Crippen molar-refractivity contribution in [3.8, 4) is 5.75 Å². The van der Waals surface area contributed by atoms with Gasteiger partial charge in [0.15, 0.2) is 0 Å². The summed E-state index contributed by atoms with van der Waals surface area (Å²) in [5, 5.41) is 9.37. The topological polar surface area (TPSA) is 29.5 Å². The molecule has 0 spiro atoms.